The van der Waals surface area contributed by atoms with Crippen LogP contribution < -0.4 is 5.32 Å². The topological polar surface area (TPSA) is 67.2 Å². The Kier molecular flexibility index (Phi) is 8.47. The molecule has 0 aliphatic heterocycles. The molecule has 1 heterocycles. The predicted molar refractivity (Wildman–Crippen MR) is 150 cm³/mol. The van der Waals surface area contributed by atoms with Crippen LogP contribution in [0.25, 0.3) is 34.5 Å². The Morgan fingerprint density at radius 1 is 1.00 bits per heavy atom. The molecule has 184 valence electrons. The average Bonchev–Trinajstić information content (AvgIpc) is 3.29. The van der Waals surface area contributed by atoms with E-state index in [4.69, 9.17) is 33.3 Å². The first-order valence-electron chi connectivity index (χ1n) is 11.8. The summed E-state index contributed by atoms with van der Waals surface area (Å²) in [7, 11) is 0. The van der Waals surface area contributed by atoms with Crippen LogP contribution in [-0.2, 0) is 11.3 Å². The van der Waals surface area contributed by atoms with E-state index in [1.807, 2.05) is 36.5 Å². The molecular weight excluding hydrogens is 493 g/mol. The number of nitrogens with zero attached hydrogens (tertiary/aromatic N) is 2. The van der Waals surface area contributed by atoms with Crippen LogP contribution in [0.5, 0.6) is 0 Å². The van der Waals surface area contributed by atoms with Gasteiger partial charge in [-0.15, -0.1) is 0 Å². The van der Waals surface area contributed by atoms with E-state index >= 15 is 0 Å². The lowest BCUT2D eigenvalue weighted by atomic mass is 10.0. The van der Waals surface area contributed by atoms with Crippen molar-refractivity contribution in [2.45, 2.75) is 26.3 Å². The molecule has 0 unspecified atom stereocenters. The van der Waals surface area contributed by atoms with E-state index in [-0.39, 0.29) is 6.42 Å². The number of carboxylic acids is 1. The highest BCUT2D eigenvalue weighted by Crippen LogP contribution is 2.30. The Morgan fingerprint density at radius 3 is 2.33 bits per heavy atom. The van der Waals surface area contributed by atoms with E-state index in [1.54, 1.807) is 6.07 Å². The largest absolute Gasteiger partial charge is 0.481 e. The molecule has 0 spiro atoms. The fraction of sp³-hybridized carbons (Fsp3) is 0.172. The van der Waals surface area contributed by atoms with Crippen molar-refractivity contribution < 1.29 is 9.90 Å². The number of aliphatic carboxylic acids is 1. The zero-order valence-corrected chi connectivity index (χ0v) is 21.4. The first-order chi connectivity index (χ1) is 17.4. The molecule has 4 aromatic rings. The van der Waals surface area contributed by atoms with Gasteiger partial charge in [-0.1, -0.05) is 65.7 Å². The molecule has 0 saturated heterocycles. The molecule has 0 radical (unpaired) electrons. The fourth-order valence-electron chi connectivity index (χ4n) is 3.85. The van der Waals surface area contributed by atoms with Gasteiger partial charge in [0.1, 0.15) is 5.82 Å². The molecule has 0 atom stereocenters. The number of aryl methyl sites for hydroxylation is 1. The quantitative estimate of drug-likeness (QED) is 0.208. The van der Waals surface area contributed by atoms with E-state index in [0.717, 1.165) is 46.0 Å². The Hall–Kier alpha value is -3.54. The van der Waals surface area contributed by atoms with Crippen molar-refractivity contribution in [2.75, 3.05) is 11.9 Å². The van der Waals surface area contributed by atoms with Crippen LogP contribution in [0, 0.1) is 0 Å². The molecular formula is C29H27Cl2N3O2. The third-order valence-electron chi connectivity index (χ3n) is 5.81. The minimum Gasteiger partial charge on any atom is -0.481 e. The number of benzene rings is 3. The van der Waals surface area contributed by atoms with Crippen molar-refractivity contribution in [3.05, 3.63) is 94.4 Å². The maximum atomic E-state index is 10.6. The molecule has 2 N–H and O–H groups in total. The van der Waals surface area contributed by atoms with E-state index < -0.39 is 5.97 Å². The molecule has 0 saturated carbocycles. The van der Waals surface area contributed by atoms with Crippen LogP contribution in [0.1, 0.15) is 31.2 Å². The highest BCUT2D eigenvalue weighted by atomic mass is 35.5. The maximum Gasteiger partial charge on any atom is 0.303 e. The minimum atomic E-state index is -0.770. The molecule has 5 nitrogen and oxygen atoms in total. The fourth-order valence-corrected chi connectivity index (χ4v) is 4.36. The van der Waals surface area contributed by atoms with Gasteiger partial charge >= 0.3 is 5.97 Å². The summed E-state index contributed by atoms with van der Waals surface area (Å²) in [6.07, 6.45) is 6.83. The number of anilines is 1. The normalized spacial score (nSPS) is 11.2. The number of rotatable bonds is 10. The van der Waals surface area contributed by atoms with Crippen LogP contribution in [0.15, 0.2) is 72.9 Å². The summed E-state index contributed by atoms with van der Waals surface area (Å²) in [6.45, 7) is 3.51. The number of carbonyl (C=O) groups is 1. The predicted octanol–water partition coefficient (Wildman–Crippen LogP) is 7.99. The maximum absolute atomic E-state index is 10.6. The molecule has 1 aromatic heterocycles. The zero-order valence-electron chi connectivity index (χ0n) is 19.9. The minimum absolute atomic E-state index is 0.171. The van der Waals surface area contributed by atoms with E-state index in [2.05, 4.69) is 59.3 Å². The van der Waals surface area contributed by atoms with E-state index in [9.17, 15) is 4.79 Å². The SMILES string of the molecule is CCn1cc(-c2ccc(Cl)cc2Cl)nc1/C=C/c1ccc(-c2ccc(NCCCC(=O)O)cc2)cc1. The number of nitrogens with one attached hydrogen (secondary N) is 1. The second-order valence-corrected chi connectivity index (χ2v) is 9.19. The van der Waals surface area contributed by atoms with Gasteiger partial charge in [-0.05, 0) is 66.4 Å². The summed E-state index contributed by atoms with van der Waals surface area (Å²) in [5.41, 5.74) is 5.97. The van der Waals surface area contributed by atoms with Crippen LogP contribution in [-0.4, -0.2) is 27.2 Å². The number of hydrogen-bond donors (Lipinski definition) is 2. The Bertz CT molecular complexity index is 1360. The summed E-state index contributed by atoms with van der Waals surface area (Å²) in [6, 6.07) is 21.9. The van der Waals surface area contributed by atoms with Gasteiger partial charge in [0.25, 0.3) is 0 Å². The van der Waals surface area contributed by atoms with Crippen LogP contribution in [0.3, 0.4) is 0 Å². The van der Waals surface area contributed by atoms with Crippen LogP contribution in [0.4, 0.5) is 5.69 Å². The van der Waals surface area contributed by atoms with Crippen molar-refractivity contribution in [3.63, 3.8) is 0 Å². The Balaban J connectivity index is 1.43. The third kappa shape index (κ3) is 6.56. The lowest BCUT2D eigenvalue weighted by molar-refractivity contribution is -0.137. The van der Waals surface area contributed by atoms with E-state index in [1.165, 1.54) is 0 Å². The highest BCUT2D eigenvalue weighted by Gasteiger charge is 2.10. The van der Waals surface area contributed by atoms with Crippen LogP contribution in [0.2, 0.25) is 10.0 Å². The lowest BCUT2D eigenvalue weighted by Gasteiger charge is -2.07. The summed E-state index contributed by atoms with van der Waals surface area (Å²) < 4.78 is 2.09. The molecule has 0 aliphatic rings. The number of hydrogen-bond acceptors (Lipinski definition) is 3. The third-order valence-corrected chi connectivity index (χ3v) is 6.35. The molecule has 36 heavy (non-hydrogen) atoms. The zero-order chi connectivity index (χ0) is 25.5. The van der Waals surface area contributed by atoms with Crippen molar-refractivity contribution in [2.24, 2.45) is 0 Å². The van der Waals surface area contributed by atoms with Gasteiger partial charge in [0.05, 0.1) is 10.7 Å². The summed E-state index contributed by atoms with van der Waals surface area (Å²) >= 11 is 12.4. The number of imidazole rings is 1. The molecule has 0 aliphatic carbocycles. The van der Waals surface area contributed by atoms with Crippen LogP contribution >= 0.6 is 23.2 Å². The number of carboxylic acid groups (broad SMARTS) is 1. The van der Waals surface area contributed by atoms with Gasteiger partial charge in [0.2, 0.25) is 0 Å². The van der Waals surface area contributed by atoms with Crippen molar-refractivity contribution in [1.82, 2.24) is 9.55 Å². The van der Waals surface area contributed by atoms with Gasteiger partial charge in [-0.25, -0.2) is 4.98 Å². The van der Waals surface area contributed by atoms with Gasteiger partial charge in [-0.3, -0.25) is 4.79 Å². The molecule has 3 aromatic carbocycles. The molecule has 4 rings (SSSR count). The van der Waals surface area contributed by atoms with Gasteiger partial charge in [-0.2, -0.15) is 0 Å². The molecule has 0 amide bonds. The highest BCUT2D eigenvalue weighted by molar-refractivity contribution is 6.36. The molecule has 7 heteroatoms. The van der Waals surface area contributed by atoms with Crippen molar-refractivity contribution >= 4 is 47.0 Å². The van der Waals surface area contributed by atoms with Gasteiger partial charge in [0, 0.05) is 42.0 Å². The smallest absolute Gasteiger partial charge is 0.303 e. The lowest BCUT2D eigenvalue weighted by Crippen LogP contribution is -2.04. The van der Waals surface area contributed by atoms with Gasteiger partial charge in [0.15, 0.2) is 0 Å². The molecule has 0 bridgehead atoms. The first-order valence-corrected chi connectivity index (χ1v) is 12.6. The van der Waals surface area contributed by atoms with Crippen molar-refractivity contribution in [3.8, 4) is 22.4 Å². The Morgan fingerprint density at radius 2 is 1.69 bits per heavy atom. The summed E-state index contributed by atoms with van der Waals surface area (Å²) in [5.74, 6) is 0.0858. The Labute approximate surface area is 221 Å². The number of halogens is 2. The summed E-state index contributed by atoms with van der Waals surface area (Å²) in [5, 5.41) is 13.2. The van der Waals surface area contributed by atoms with Gasteiger partial charge < -0.3 is 15.0 Å². The van der Waals surface area contributed by atoms with E-state index in [0.29, 0.717) is 23.0 Å². The second-order valence-electron chi connectivity index (χ2n) is 8.35. The second kappa shape index (κ2) is 11.9. The average molecular weight is 520 g/mol. The molecule has 0 fully saturated rings. The monoisotopic (exact) mass is 519 g/mol. The standard InChI is InChI=1S/C29H27Cl2N3O2/c1-2-34-19-27(25-15-12-23(30)18-26(25)31)33-28(34)16-7-20-5-8-21(9-6-20)22-10-13-24(14-11-22)32-17-3-4-29(35)36/h5-16,18-19,32H,2-4,17H2,1H3,(H,35,36)/b16-7+. The summed E-state index contributed by atoms with van der Waals surface area (Å²) in [4.78, 5) is 15.4. The number of aromatic nitrogens is 2. The van der Waals surface area contributed by atoms with Crippen molar-refractivity contribution in [1.29, 1.82) is 0 Å². The first kappa shape index (κ1) is 25.5.